The Labute approximate surface area is 341 Å². The minimum absolute atomic E-state index is 0.259. The van der Waals surface area contributed by atoms with E-state index in [2.05, 4.69) is 53.5 Å². The largest absolute Gasteiger partial charge is 0.353 e. The van der Waals surface area contributed by atoms with Gasteiger partial charge in [0.05, 0.1) is 21.6 Å². The molecular formula is C50H27F4N3S2. The predicted octanol–water partition coefficient (Wildman–Crippen LogP) is 16.1. The Kier molecular flexibility index (Phi) is 7.39. The number of thiophene rings is 2. The zero-order valence-electron chi connectivity index (χ0n) is 30.7. The van der Waals surface area contributed by atoms with E-state index in [1.807, 2.05) is 82.6 Å². The highest BCUT2D eigenvalue weighted by molar-refractivity contribution is 7.27. The number of anilines is 6. The highest BCUT2D eigenvalue weighted by atomic mass is 32.1. The van der Waals surface area contributed by atoms with Crippen LogP contribution in [0.4, 0.5) is 51.7 Å². The van der Waals surface area contributed by atoms with E-state index < -0.39 is 23.3 Å². The molecule has 0 spiro atoms. The Hall–Kier alpha value is -6.94. The van der Waals surface area contributed by atoms with Crippen LogP contribution < -0.4 is 9.80 Å². The Bertz CT molecular complexity index is 3630. The normalized spacial score (nSPS) is 12.1. The molecule has 3 aromatic heterocycles. The number of hydrogen-bond donors (Lipinski definition) is 1. The van der Waals surface area contributed by atoms with Crippen LogP contribution in [-0.4, -0.2) is 4.98 Å². The minimum Gasteiger partial charge on any atom is -0.353 e. The van der Waals surface area contributed by atoms with Gasteiger partial charge in [-0.25, -0.2) is 17.6 Å². The van der Waals surface area contributed by atoms with Gasteiger partial charge in [0.15, 0.2) is 0 Å². The second-order valence-electron chi connectivity index (χ2n) is 14.7. The molecule has 0 aliphatic heterocycles. The first-order chi connectivity index (χ1) is 28.9. The van der Waals surface area contributed by atoms with Gasteiger partial charge in [-0.1, -0.05) is 48.5 Å². The lowest BCUT2D eigenvalue weighted by Crippen LogP contribution is -2.11. The number of benzene rings is 9. The van der Waals surface area contributed by atoms with Crippen molar-refractivity contribution in [3.05, 3.63) is 181 Å². The van der Waals surface area contributed by atoms with Crippen molar-refractivity contribution in [3.8, 4) is 0 Å². The number of H-pyrrole nitrogens is 1. The monoisotopic (exact) mass is 809 g/mol. The zero-order valence-corrected chi connectivity index (χ0v) is 32.4. The molecular weight excluding hydrogens is 783 g/mol. The third kappa shape index (κ3) is 5.18. The molecule has 3 heterocycles. The quantitative estimate of drug-likeness (QED) is 0.134. The van der Waals surface area contributed by atoms with Gasteiger partial charge in [0.25, 0.3) is 0 Å². The summed E-state index contributed by atoms with van der Waals surface area (Å²) in [5.41, 5.74) is 5.65. The SMILES string of the molecule is Fc1ccc(N(c2ccccc2)c2ccc3sc4c(cc5[nH]c6c7sc8ccc(N(c9ccccc9)c9ccc(F)cc9F)cc8c7cc7ccc4c5c76)c3c2)c(F)c1. The molecule has 282 valence electrons. The molecule has 0 bridgehead atoms. The number of rotatable bonds is 6. The van der Waals surface area contributed by atoms with E-state index in [-0.39, 0.29) is 11.4 Å². The van der Waals surface area contributed by atoms with Crippen molar-refractivity contribution in [1.82, 2.24) is 4.98 Å². The van der Waals surface area contributed by atoms with Crippen LogP contribution in [-0.2, 0) is 0 Å². The van der Waals surface area contributed by atoms with Crippen LogP contribution in [0.2, 0.25) is 0 Å². The van der Waals surface area contributed by atoms with E-state index in [1.54, 1.807) is 22.7 Å². The predicted molar refractivity (Wildman–Crippen MR) is 239 cm³/mol. The number of fused-ring (bicyclic) bond motifs is 8. The zero-order chi connectivity index (χ0) is 39.5. The fourth-order valence-corrected chi connectivity index (χ4v) is 11.2. The summed E-state index contributed by atoms with van der Waals surface area (Å²) in [4.78, 5) is 7.49. The summed E-state index contributed by atoms with van der Waals surface area (Å²) >= 11 is 3.46. The topological polar surface area (TPSA) is 22.3 Å². The van der Waals surface area contributed by atoms with Gasteiger partial charge in [-0.15, -0.1) is 22.7 Å². The number of aromatic nitrogens is 1. The van der Waals surface area contributed by atoms with Crippen LogP contribution in [0, 0.1) is 23.3 Å². The first-order valence-corrected chi connectivity index (χ1v) is 20.6. The van der Waals surface area contributed by atoms with E-state index in [9.17, 15) is 8.78 Å². The number of para-hydroxylation sites is 2. The molecule has 0 amide bonds. The van der Waals surface area contributed by atoms with Crippen molar-refractivity contribution in [3.63, 3.8) is 0 Å². The number of halogens is 4. The molecule has 0 saturated heterocycles. The molecule has 12 rings (SSSR count). The highest BCUT2D eigenvalue weighted by Crippen LogP contribution is 2.50. The lowest BCUT2D eigenvalue weighted by atomic mass is 9.98. The number of hydrogen-bond acceptors (Lipinski definition) is 4. The molecule has 12 aromatic rings. The van der Waals surface area contributed by atoms with Crippen molar-refractivity contribution in [1.29, 1.82) is 0 Å². The van der Waals surface area contributed by atoms with Gasteiger partial charge in [-0.05, 0) is 102 Å². The van der Waals surface area contributed by atoms with Gasteiger partial charge in [0.1, 0.15) is 23.3 Å². The first-order valence-electron chi connectivity index (χ1n) is 19.0. The van der Waals surface area contributed by atoms with Gasteiger partial charge < -0.3 is 14.8 Å². The Morgan fingerprint density at radius 3 is 1.51 bits per heavy atom. The van der Waals surface area contributed by atoms with E-state index in [1.165, 1.54) is 39.7 Å². The third-order valence-electron chi connectivity index (χ3n) is 11.3. The molecule has 0 atom stereocenters. The smallest absolute Gasteiger partial charge is 0.150 e. The second-order valence-corrected chi connectivity index (χ2v) is 16.8. The molecule has 9 heteroatoms. The van der Waals surface area contributed by atoms with Crippen molar-refractivity contribution >= 4 is 130 Å². The summed E-state index contributed by atoms with van der Waals surface area (Å²) < 4.78 is 63.5. The molecule has 0 saturated carbocycles. The van der Waals surface area contributed by atoms with E-state index >= 15 is 8.78 Å². The fraction of sp³-hybridized carbons (Fsp3) is 0. The summed E-state index contributed by atoms with van der Waals surface area (Å²) in [6, 6.07) is 47.7. The lowest BCUT2D eigenvalue weighted by Gasteiger charge is -2.26. The van der Waals surface area contributed by atoms with Crippen molar-refractivity contribution in [2.45, 2.75) is 0 Å². The Morgan fingerprint density at radius 1 is 0.407 bits per heavy atom. The molecule has 3 nitrogen and oxygen atoms in total. The molecule has 9 aromatic carbocycles. The van der Waals surface area contributed by atoms with Crippen LogP contribution >= 0.6 is 22.7 Å². The van der Waals surface area contributed by atoms with Gasteiger partial charge in [-0.2, -0.15) is 0 Å². The van der Waals surface area contributed by atoms with Gasteiger partial charge in [0.2, 0.25) is 0 Å². The van der Waals surface area contributed by atoms with E-state index in [0.717, 1.165) is 92.3 Å². The average Bonchev–Trinajstić information content (AvgIpc) is 3.94. The summed E-state index contributed by atoms with van der Waals surface area (Å²) in [5.74, 6) is -2.55. The van der Waals surface area contributed by atoms with Gasteiger partial charge in [0, 0.05) is 92.2 Å². The summed E-state index contributed by atoms with van der Waals surface area (Å²) in [5, 5.41) is 8.90. The maximum atomic E-state index is 15.4. The van der Waals surface area contributed by atoms with Crippen molar-refractivity contribution in [2.24, 2.45) is 0 Å². The van der Waals surface area contributed by atoms with Crippen LogP contribution in [0.3, 0.4) is 0 Å². The number of nitrogens with one attached hydrogen (secondary N) is 1. The second kappa shape index (κ2) is 12.8. The molecule has 1 N–H and O–H groups in total. The first kappa shape index (κ1) is 34.1. The molecule has 59 heavy (non-hydrogen) atoms. The lowest BCUT2D eigenvalue weighted by molar-refractivity contribution is 0.583. The molecule has 0 unspecified atom stereocenters. The minimum atomic E-state index is -0.645. The Balaban J connectivity index is 1.05. The molecule has 0 aliphatic rings. The van der Waals surface area contributed by atoms with E-state index in [4.69, 9.17) is 0 Å². The van der Waals surface area contributed by atoms with Gasteiger partial charge >= 0.3 is 0 Å². The fourth-order valence-electron chi connectivity index (χ4n) is 8.81. The summed E-state index contributed by atoms with van der Waals surface area (Å²) in [6.07, 6.45) is 0. The number of aromatic amines is 1. The maximum Gasteiger partial charge on any atom is 0.150 e. The van der Waals surface area contributed by atoms with Gasteiger partial charge in [-0.3, -0.25) is 0 Å². The summed E-state index contributed by atoms with van der Waals surface area (Å²) in [7, 11) is 0. The summed E-state index contributed by atoms with van der Waals surface area (Å²) in [6.45, 7) is 0. The maximum absolute atomic E-state index is 15.4. The van der Waals surface area contributed by atoms with E-state index in [0.29, 0.717) is 0 Å². The van der Waals surface area contributed by atoms with Crippen LogP contribution in [0.1, 0.15) is 0 Å². The molecule has 0 aliphatic carbocycles. The third-order valence-corrected chi connectivity index (χ3v) is 13.8. The molecule has 0 radical (unpaired) electrons. The average molecular weight is 810 g/mol. The van der Waals surface area contributed by atoms with Crippen molar-refractivity contribution < 1.29 is 17.6 Å². The van der Waals surface area contributed by atoms with Crippen LogP contribution in [0.25, 0.3) is 72.9 Å². The van der Waals surface area contributed by atoms with Crippen LogP contribution in [0.5, 0.6) is 0 Å². The highest BCUT2D eigenvalue weighted by Gasteiger charge is 2.24. The standard InChI is InChI=1S/C50H27F4N3S2/c51-28-12-17-42(39(53)22-28)56(30-7-3-1-4-8-30)32-15-20-45-35(24-32)37-21-27-11-16-34-47-41(55-48(46(27)47)50(37)59-45)26-38-36-25-33(14-19-44(36)58-49(34)38)57(31-9-5-2-6-10-31)43-18-13-29(52)23-40(43)54/h1-26,55H. The Morgan fingerprint density at radius 2 is 0.949 bits per heavy atom. The molecule has 0 fully saturated rings. The van der Waals surface area contributed by atoms with Crippen molar-refractivity contribution in [2.75, 3.05) is 9.80 Å². The number of nitrogens with zero attached hydrogens (tertiary/aromatic N) is 2. The van der Waals surface area contributed by atoms with Crippen LogP contribution in [0.15, 0.2) is 158 Å².